The van der Waals surface area contributed by atoms with Crippen LogP contribution in [0.2, 0.25) is 0 Å². The first-order chi connectivity index (χ1) is 11.3. The number of rotatable bonds is 2. The van der Waals surface area contributed by atoms with Crippen LogP contribution in [0.5, 0.6) is 34.5 Å². The minimum Gasteiger partial charge on any atom is -0.507 e. The lowest BCUT2D eigenvalue weighted by Crippen LogP contribution is -2.03. The maximum atomic E-state index is 12.3. The Morgan fingerprint density at radius 1 is 0.917 bits per heavy atom. The third-order valence-corrected chi connectivity index (χ3v) is 3.52. The van der Waals surface area contributed by atoms with Crippen LogP contribution in [0.3, 0.4) is 0 Å². The fourth-order valence-electron chi connectivity index (χ4n) is 2.34. The molecule has 0 bridgehead atoms. The number of phenols is 4. The van der Waals surface area contributed by atoms with Crippen LogP contribution in [0.25, 0.3) is 22.3 Å². The third kappa shape index (κ3) is 2.12. The Balaban J connectivity index is 2.38. The Labute approximate surface area is 134 Å². The zero-order valence-corrected chi connectivity index (χ0v) is 12.3. The molecule has 8 nitrogen and oxygen atoms in total. The summed E-state index contributed by atoms with van der Waals surface area (Å²) in [7, 11) is 1.35. The molecule has 0 aliphatic rings. The number of ether oxygens (including phenoxy) is 1. The Morgan fingerprint density at radius 3 is 2.25 bits per heavy atom. The topological polar surface area (TPSA) is 141 Å². The first kappa shape index (κ1) is 15.3. The van der Waals surface area contributed by atoms with Gasteiger partial charge in [0.1, 0.15) is 11.1 Å². The number of fused-ring (bicyclic) bond motifs is 1. The minimum absolute atomic E-state index is 0.118. The van der Waals surface area contributed by atoms with Crippen LogP contribution >= 0.6 is 0 Å². The van der Waals surface area contributed by atoms with Gasteiger partial charge in [-0.2, -0.15) is 0 Å². The maximum absolute atomic E-state index is 12.3. The van der Waals surface area contributed by atoms with Crippen molar-refractivity contribution in [3.63, 3.8) is 0 Å². The van der Waals surface area contributed by atoms with Crippen LogP contribution in [-0.2, 0) is 0 Å². The fraction of sp³-hybridized carbons (Fsp3) is 0.0625. The summed E-state index contributed by atoms with van der Waals surface area (Å²) in [5.74, 6) is -3.40. The molecule has 0 aliphatic heterocycles. The van der Waals surface area contributed by atoms with Crippen LogP contribution in [0, 0.1) is 0 Å². The second-order valence-electron chi connectivity index (χ2n) is 4.96. The van der Waals surface area contributed by atoms with Gasteiger partial charge in [0.25, 0.3) is 0 Å². The molecule has 3 aromatic rings. The number of benzene rings is 2. The summed E-state index contributed by atoms with van der Waals surface area (Å²) in [5, 5.41) is 48.6. The van der Waals surface area contributed by atoms with E-state index in [9.17, 15) is 30.3 Å². The summed E-state index contributed by atoms with van der Waals surface area (Å²) in [6, 6.07) is 4.73. The molecule has 0 saturated carbocycles. The molecule has 0 aliphatic carbocycles. The molecule has 3 rings (SSSR count). The van der Waals surface area contributed by atoms with E-state index < -0.39 is 39.4 Å². The molecule has 2 aromatic carbocycles. The molecule has 1 aromatic heterocycles. The van der Waals surface area contributed by atoms with Crippen molar-refractivity contribution >= 4 is 11.0 Å². The van der Waals surface area contributed by atoms with Gasteiger partial charge in [0, 0.05) is 11.6 Å². The van der Waals surface area contributed by atoms with Crippen LogP contribution in [0.15, 0.2) is 33.5 Å². The molecule has 0 spiro atoms. The maximum Gasteiger partial charge on any atom is 0.238 e. The Morgan fingerprint density at radius 2 is 1.62 bits per heavy atom. The van der Waals surface area contributed by atoms with Gasteiger partial charge in [0.15, 0.2) is 28.6 Å². The van der Waals surface area contributed by atoms with E-state index in [1.165, 1.54) is 25.3 Å². The smallest absolute Gasteiger partial charge is 0.238 e. The van der Waals surface area contributed by atoms with Crippen LogP contribution < -0.4 is 10.2 Å². The van der Waals surface area contributed by atoms with Crippen molar-refractivity contribution in [2.45, 2.75) is 0 Å². The number of methoxy groups -OCH3 is 1. The second kappa shape index (κ2) is 5.27. The molecule has 0 atom stereocenters. The van der Waals surface area contributed by atoms with Gasteiger partial charge in [-0.05, 0) is 18.2 Å². The predicted octanol–water partition coefficient (Wildman–Crippen LogP) is 2.00. The molecule has 0 unspecified atom stereocenters. The minimum atomic E-state index is -1.01. The molecule has 0 radical (unpaired) electrons. The fourth-order valence-corrected chi connectivity index (χ4v) is 2.34. The SMILES string of the molecule is COc1ccc(-c2oc3c(O)c(O)cc(O)c3c(=O)c2O)cc1O. The zero-order valence-electron chi connectivity index (χ0n) is 12.3. The van der Waals surface area contributed by atoms with Gasteiger partial charge in [0.2, 0.25) is 16.9 Å². The summed E-state index contributed by atoms with van der Waals surface area (Å²) in [6.07, 6.45) is 0. The van der Waals surface area contributed by atoms with Crippen molar-refractivity contribution in [3.05, 3.63) is 34.5 Å². The number of hydrogen-bond donors (Lipinski definition) is 5. The lowest BCUT2D eigenvalue weighted by Gasteiger charge is -2.10. The molecule has 124 valence electrons. The average Bonchev–Trinajstić information content (AvgIpc) is 2.55. The summed E-state index contributed by atoms with van der Waals surface area (Å²) in [6.45, 7) is 0. The molecule has 24 heavy (non-hydrogen) atoms. The molecule has 1 heterocycles. The third-order valence-electron chi connectivity index (χ3n) is 3.52. The first-order valence-corrected chi connectivity index (χ1v) is 6.66. The summed E-state index contributed by atoms with van der Waals surface area (Å²) >= 11 is 0. The van der Waals surface area contributed by atoms with Gasteiger partial charge in [-0.15, -0.1) is 0 Å². The van der Waals surface area contributed by atoms with Crippen molar-refractivity contribution in [2.24, 2.45) is 0 Å². The average molecular weight is 332 g/mol. The molecule has 5 N–H and O–H groups in total. The van der Waals surface area contributed by atoms with Gasteiger partial charge in [-0.25, -0.2) is 0 Å². The zero-order chi connectivity index (χ0) is 17.6. The van der Waals surface area contributed by atoms with Crippen LogP contribution in [-0.4, -0.2) is 32.6 Å². The predicted molar refractivity (Wildman–Crippen MR) is 82.8 cm³/mol. The molecule has 0 saturated heterocycles. The van der Waals surface area contributed by atoms with Gasteiger partial charge in [-0.1, -0.05) is 0 Å². The van der Waals surface area contributed by atoms with Crippen molar-refractivity contribution in [1.82, 2.24) is 0 Å². The highest BCUT2D eigenvalue weighted by Crippen LogP contribution is 2.42. The number of hydrogen-bond acceptors (Lipinski definition) is 8. The highest BCUT2D eigenvalue weighted by Gasteiger charge is 2.22. The lowest BCUT2D eigenvalue weighted by molar-refractivity contribution is 0.373. The summed E-state index contributed by atoms with van der Waals surface area (Å²) in [4.78, 5) is 12.3. The molecule has 0 amide bonds. The van der Waals surface area contributed by atoms with E-state index in [0.717, 1.165) is 6.07 Å². The molecular weight excluding hydrogens is 320 g/mol. The van der Waals surface area contributed by atoms with E-state index in [-0.39, 0.29) is 22.8 Å². The van der Waals surface area contributed by atoms with Gasteiger partial charge in [-0.3, -0.25) is 4.79 Å². The Bertz CT molecular complexity index is 1020. The van der Waals surface area contributed by atoms with Gasteiger partial charge >= 0.3 is 0 Å². The van der Waals surface area contributed by atoms with Crippen LogP contribution in [0.4, 0.5) is 0 Å². The van der Waals surface area contributed by atoms with E-state index in [1.54, 1.807) is 0 Å². The Hall–Kier alpha value is -3.55. The van der Waals surface area contributed by atoms with E-state index in [2.05, 4.69) is 0 Å². The molecule has 8 heteroatoms. The molecular formula is C16H12O8. The normalized spacial score (nSPS) is 10.9. The summed E-state index contributed by atoms with van der Waals surface area (Å²) in [5.41, 5.74) is -1.39. The number of phenolic OH excluding ortho intramolecular Hbond substituents is 4. The van der Waals surface area contributed by atoms with Gasteiger partial charge < -0.3 is 34.7 Å². The van der Waals surface area contributed by atoms with Crippen molar-refractivity contribution < 1.29 is 34.7 Å². The van der Waals surface area contributed by atoms with E-state index in [0.29, 0.717) is 0 Å². The summed E-state index contributed by atoms with van der Waals surface area (Å²) < 4.78 is 10.2. The molecule has 0 fully saturated rings. The van der Waals surface area contributed by atoms with Crippen molar-refractivity contribution in [3.8, 4) is 45.8 Å². The quantitative estimate of drug-likeness (QED) is 0.354. The van der Waals surface area contributed by atoms with E-state index in [4.69, 9.17) is 9.15 Å². The van der Waals surface area contributed by atoms with Crippen LogP contribution in [0.1, 0.15) is 0 Å². The van der Waals surface area contributed by atoms with E-state index >= 15 is 0 Å². The number of aromatic hydroxyl groups is 5. The Kier molecular flexibility index (Phi) is 3.37. The van der Waals surface area contributed by atoms with Crippen molar-refractivity contribution in [1.29, 1.82) is 0 Å². The standard InChI is InChI=1S/C16H12O8/c1-23-10-3-2-6(4-7(10)17)15-14(22)13(21)11-8(18)5-9(19)12(20)16(11)24-15/h2-5,17-20,22H,1H3. The van der Waals surface area contributed by atoms with Gasteiger partial charge in [0.05, 0.1) is 7.11 Å². The highest BCUT2D eigenvalue weighted by molar-refractivity contribution is 5.92. The largest absolute Gasteiger partial charge is 0.507 e. The second-order valence-corrected chi connectivity index (χ2v) is 4.96. The monoisotopic (exact) mass is 332 g/mol. The van der Waals surface area contributed by atoms with E-state index in [1.807, 2.05) is 0 Å². The van der Waals surface area contributed by atoms with Crippen molar-refractivity contribution in [2.75, 3.05) is 7.11 Å². The lowest BCUT2D eigenvalue weighted by atomic mass is 10.1. The highest BCUT2D eigenvalue weighted by atomic mass is 16.5. The first-order valence-electron chi connectivity index (χ1n) is 6.66.